The SMILES string of the molecule is Cc1nc2c(C3(C(=O)O)CCCCC3)cccc2n1C. The van der Waals surface area contributed by atoms with E-state index < -0.39 is 11.4 Å². The molecular weight excluding hydrogens is 252 g/mol. The molecule has 4 heteroatoms. The second-order valence-electron chi connectivity index (χ2n) is 5.84. The van der Waals surface area contributed by atoms with Crippen molar-refractivity contribution in [2.24, 2.45) is 7.05 Å². The highest BCUT2D eigenvalue weighted by Gasteiger charge is 2.42. The second kappa shape index (κ2) is 4.62. The van der Waals surface area contributed by atoms with Crippen LogP contribution in [0.4, 0.5) is 0 Å². The van der Waals surface area contributed by atoms with E-state index in [1.807, 2.05) is 36.7 Å². The first kappa shape index (κ1) is 13.2. The van der Waals surface area contributed by atoms with Gasteiger partial charge in [0, 0.05) is 7.05 Å². The summed E-state index contributed by atoms with van der Waals surface area (Å²) in [5.74, 6) is 0.219. The van der Waals surface area contributed by atoms with E-state index in [1.165, 1.54) is 0 Å². The van der Waals surface area contributed by atoms with Gasteiger partial charge in [0.25, 0.3) is 0 Å². The van der Waals surface area contributed by atoms with Crippen molar-refractivity contribution in [3.05, 3.63) is 29.6 Å². The van der Waals surface area contributed by atoms with E-state index in [0.717, 1.165) is 54.5 Å². The number of benzene rings is 1. The van der Waals surface area contributed by atoms with Crippen molar-refractivity contribution in [2.75, 3.05) is 0 Å². The number of aromatic nitrogens is 2. The van der Waals surface area contributed by atoms with Crippen LogP contribution in [-0.4, -0.2) is 20.6 Å². The molecule has 0 radical (unpaired) electrons. The predicted octanol–water partition coefficient (Wildman–Crippen LogP) is 3.17. The number of carboxylic acids is 1. The average molecular weight is 272 g/mol. The quantitative estimate of drug-likeness (QED) is 0.913. The number of carboxylic acid groups (broad SMARTS) is 1. The Hall–Kier alpha value is -1.84. The minimum Gasteiger partial charge on any atom is -0.481 e. The van der Waals surface area contributed by atoms with Gasteiger partial charge in [-0.25, -0.2) is 4.98 Å². The summed E-state index contributed by atoms with van der Waals surface area (Å²) in [5.41, 5.74) is 2.02. The molecule has 2 aromatic rings. The molecule has 3 rings (SSSR count). The molecule has 106 valence electrons. The monoisotopic (exact) mass is 272 g/mol. The minimum absolute atomic E-state index is 0.701. The number of imidazole rings is 1. The van der Waals surface area contributed by atoms with E-state index in [9.17, 15) is 9.90 Å². The van der Waals surface area contributed by atoms with Gasteiger partial charge in [-0.3, -0.25) is 4.79 Å². The fourth-order valence-corrected chi connectivity index (χ4v) is 3.47. The van der Waals surface area contributed by atoms with Gasteiger partial charge in [-0.2, -0.15) is 0 Å². The van der Waals surface area contributed by atoms with Gasteiger partial charge < -0.3 is 9.67 Å². The summed E-state index contributed by atoms with van der Waals surface area (Å²) in [6.07, 6.45) is 4.53. The summed E-state index contributed by atoms with van der Waals surface area (Å²) in [6, 6.07) is 5.92. The summed E-state index contributed by atoms with van der Waals surface area (Å²) < 4.78 is 2.03. The third-order valence-electron chi connectivity index (χ3n) is 4.77. The smallest absolute Gasteiger partial charge is 0.314 e. The lowest BCUT2D eigenvalue weighted by atomic mass is 9.69. The Morgan fingerprint density at radius 3 is 2.65 bits per heavy atom. The first-order chi connectivity index (χ1) is 9.56. The summed E-state index contributed by atoms with van der Waals surface area (Å²) in [6.45, 7) is 1.96. The van der Waals surface area contributed by atoms with Crippen molar-refractivity contribution in [1.29, 1.82) is 0 Å². The van der Waals surface area contributed by atoms with E-state index in [2.05, 4.69) is 4.98 Å². The topological polar surface area (TPSA) is 55.1 Å². The molecule has 0 spiro atoms. The van der Waals surface area contributed by atoms with Gasteiger partial charge in [0.15, 0.2) is 0 Å². The predicted molar refractivity (Wildman–Crippen MR) is 77.8 cm³/mol. The van der Waals surface area contributed by atoms with Crippen LogP contribution in [0.5, 0.6) is 0 Å². The summed E-state index contributed by atoms with van der Waals surface area (Å²) in [5, 5.41) is 9.84. The first-order valence-electron chi connectivity index (χ1n) is 7.22. The number of para-hydroxylation sites is 1. The maximum atomic E-state index is 12.0. The third-order valence-corrected chi connectivity index (χ3v) is 4.77. The number of aryl methyl sites for hydroxylation is 2. The molecule has 4 nitrogen and oxygen atoms in total. The zero-order chi connectivity index (χ0) is 14.3. The van der Waals surface area contributed by atoms with Gasteiger partial charge in [-0.1, -0.05) is 31.4 Å². The maximum Gasteiger partial charge on any atom is 0.314 e. The van der Waals surface area contributed by atoms with Crippen LogP contribution < -0.4 is 0 Å². The minimum atomic E-state index is -0.751. The molecule has 1 heterocycles. The van der Waals surface area contributed by atoms with Crippen molar-refractivity contribution < 1.29 is 9.90 Å². The van der Waals surface area contributed by atoms with E-state index in [-0.39, 0.29) is 0 Å². The molecule has 0 atom stereocenters. The Bertz CT molecular complexity index is 666. The molecule has 1 N–H and O–H groups in total. The van der Waals surface area contributed by atoms with Gasteiger partial charge in [-0.05, 0) is 31.4 Å². The van der Waals surface area contributed by atoms with Crippen LogP contribution in [0.15, 0.2) is 18.2 Å². The largest absolute Gasteiger partial charge is 0.481 e. The van der Waals surface area contributed by atoms with Crippen LogP contribution in [0, 0.1) is 6.92 Å². The van der Waals surface area contributed by atoms with Crippen molar-refractivity contribution in [3.63, 3.8) is 0 Å². The number of fused-ring (bicyclic) bond motifs is 1. The van der Waals surface area contributed by atoms with Crippen molar-refractivity contribution in [2.45, 2.75) is 44.4 Å². The fraction of sp³-hybridized carbons (Fsp3) is 0.500. The number of rotatable bonds is 2. The highest BCUT2D eigenvalue weighted by atomic mass is 16.4. The van der Waals surface area contributed by atoms with Crippen molar-refractivity contribution in [1.82, 2.24) is 9.55 Å². The molecule has 0 aliphatic heterocycles. The van der Waals surface area contributed by atoms with E-state index in [1.54, 1.807) is 0 Å². The average Bonchev–Trinajstić information content (AvgIpc) is 2.75. The zero-order valence-corrected chi connectivity index (χ0v) is 12.0. The lowest BCUT2D eigenvalue weighted by Gasteiger charge is -2.33. The molecule has 1 aliphatic rings. The molecule has 0 bridgehead atoms. The van der Waals surface area contributed by atoms with Gasteiger partial charge in [0.1, 0.15) is 5.82 Å². The normalized spacial score (nSPS) is 18.3. The Morgan fingerprint density at radius 1 is 1.30 bits per heavy atom. The summed E-state index contributed by atoms with van der Waals surface area (Å²) in [4.78, 5) is 16.6. The van der Waals surface area contributed by atoms with Gasteiger partial charge in [0.2, 0.25) is 0 Å². The molecule has 1 aromatic heterocycles. The van der Waals surface area contributed by atoms with Crippen LogP contribution in [0.25, 0.3) is 11.0 Å². The second-order valence-corrected chi connectivity index (χ2v) is 5.84. The number of carbonyl (C=O) groups is 1. The van der Waals surface area contributed by atoms with Gasteiger partial charge >= 0.3 is 5.97 Å². The number of aliphatic carboxylic acids is 1. The molecule has 1 fully saturated rings. The Morgan fingerprint density at radius 2 is 2.00 bits per heavy atom. The van der Waals surface area contributed by atoms with Crippen LogP contribution in [0.1, 0.15) is 43.5 Å². The molecule has 0 unspecified atom stereocenters. The maximum absolute atomic E-state index is 12.0. The number of hydrogen-bond donors (Lipinski definition) is 1. The number of hydrogen-bond acceptors (Lipinski definition) is 2. The number of nitrogens with zero attached hydrogens (tertiary/aromatic N) is 2. The van der Waals surface area contributed by atoms with Crippen molar-refractivity contribution >= 4 is 17.0 Å². The molecule has 1 aromatic carbocycles. The lowest BCUT2D eigenvalue weighted by Crippen LogP contribution is -2.38. The molecule has 1 aliphatic carbocycles. The molecule has 0 saturated heterocycles. The van der Waals surface area contributed by atoms with Crippen LogP contribution in [-0.2, 0) is 17.3 Å². The fourth-order valence-electron chi connectivity index (χ4n) is 3.47. The van der Waals surface area contributed by atoms with Gasteiger partial charge in [0.05, 0.1) is 16.4 Å². The standard InChI is InChI=1S/C16H20N2O2/c1-11-17-14-12(7-6-8-13(14)18(11)2)16(15(19)20)9-4-3-5-10-16/h6-8H,3-5,9-10H2,1-2H3,(H,19,20). The first-order valence-corrected chi connectivity index (χ1v) is 7.22. The highest BCUT2D eigenvalue weighted by molar-refractivity contribution is 5.90. The van der Waals surface area contributed by atoms with E-state index in [4.69, 9.17) is 0 Å². The summed E-state index contributed by atoms with van der Waals surface area (Å²) >= 11 is 0. The van der Waals surface area contributed by atoms with Gasteiger partial charge in [-0.15, -0.1) is 0 Å². The van der Waals surface area contributed by atoms with E-state index in [0.29, 0.717) is 0 Å². The zero-order valence-electron chi connectivity index (χ0n) is 12.0. The molecule has 0 amide bonds. The van der Waals surface area contributed by atoms with Crippen LogP contribution in [0.2, 0.25) is 0 Å². The molecule has 1 saturated carbocycles. The summed E-state index contributed by atoms with van der Waals surface area (Å²) in [7, 11) is 1.97. The lowest BCUT2D eigenvalue weighted by molar-refractivity contribution is -0.145. The van der Waals surface area contributed by atoms with Crippen LogP contribution >= 0.6 is 0 Å². The Labute approximate surface area is 118 Å². The van der Waals surface area contributed by atoms with Crippen LogP contribution in [0.3, 0.4) is 0 Å². The third kappa shape index (κ3) is 1.74. The highest BCUT2D eigenvalue weighted by Crippen LogP contribution is 2.42. The Balaban J connectivity index is 2.26. The van der Waals surface area contributed by atoms with Crippen molar-refractivity contribution in [3.8, 4) is 0 Å². The molecular formula is C16H20N2O2. The molecule has 20 heavy (non-hydrogen) atoms. The Kier molecular flexibility index (Phi) is 3.04. The van der Waals surface area contributed by atoms with E-state index >= 15 is 0 Å².